The minimum atomic E-state index is -0.0905. The molecule has 2 heterocycles. The summed E-state index contributed by atoms with van der Waals surface area (Å²) < 4.78 is 0. The lowest BCUT2D eigenvalue weighted by molar-refractivity contribution is -0.129. The number of carbonyl (C=O) groups excluding carboxylic acids is 2. The minimum Gasteiger partial charge on any atom is -0.341 e. The van der Waals surface area contributed by atoms with Crippen LogP contribution in [-0.4, -0.2) is 47.3 Å². The summed E-state index contributed by atoms with van der Waals surface area (Å²) in [6.45, 7) is 5.22. The summed E-state index contributed by atoms with van der Waals surface area (Å²) in [6.07, 6.45) is 2.56. The van der Waals surface area contributed by atoms with E-state index in [1.165, 1.54) is 18.1 Å². The predicted octanol–water partition coefficient (Wildman–Crippen LogP) is 2.85. The first-order valence-electron chi connectivity index (χ1n) is 10.0. The maximum absolute atomic E-state index is 12.7. The van der Waals surface area contributed by atoms with E-state index in [0.29, 0.717) is 12.5 Å². The zero-order chi connectivity index (χ0) is 19.5. The largest absolute Gasteiger partial charge is 0.341 e. The van der Waals surface area contributed by atoms with Crippen molar-refractivity contribution in [3.8, 4) is 0 Å². The van der Waals surface area contributed by atoms with Gasteiger partial charge in [0, 0.05) is 44.8 Å². The van der Waals surface area contributed by atoms with Gasteiger partial charge >= 0.3 is 0 Å². The summed E-state index contributed by atoms with van der Waals surface area (Å²) in [5.74, 6) is 0.0967. The van der Waals surface area contributed by atoms with Crippen molar-refractivity contribution in [2.45, 2.75) is 38.8 Å². The van der Waals surface area contributed by atoms with Crippen LogP contribution in [0, 0.1) is 0 Å². The molecule has 0 radical (unpaired) electrons. The maximum atomic E-state index is 12.7. The number of fused-ring (bicyclic) bond motifs is 1. The smallest absolute Gasteiger partial charge is 0.227 e. The summed E-state index contributed by atoms with van der Waals surface area (Å²) >= 11 is 0. The lowest BCUT2D eigenvalue weighted by atomic mass is 9.98. The van der Waals surface area contributed by atoms with Gasteiger partial charge in [-0.2, -0.15) is 0 Å². The molecule has 2 aromatic carbocycles. The summed E-state index contributed by atoms with van der Waals surface area (Å²) in [6, 6.07) is 16.7. The number of carbonyl (C=O) groups is 2. The van der Waals surface area contributed by atoms with Crippen LogP contribution in [0.15, 0.2) is 48.5 Å². The van der Waals surface area contributed by atoms with E-state index >= 15 is 0 Å². The highest BCUT2D eigenvalue weighted by Crippen LogP contribution is 2.25. The van der Waals surface area contributed by atoms with E-state index in [9.17, 15) is 9.59 Å². The highest BCUT2D eigenvalue weighted by molar-refractivity contribution is 5.88. The van der Waals surface area contributed by atoms with E-state index in [4.69, 9.17) is 0 Å². The number of nitrogens with one attached hydrogen (secondary N) is 1. The van der Waals surface area contributed by atoms with Crippen molar-refractivity contribution < 1.29 is 9.59 Å². The molecule has 1 N–H and O–H groups in total. The molecule has 1 unspecified atom stereocenters. The SMILES string of the molecule is CC(=O)Nc1ccc(CC(=O)N2CCC(N3CCc4ccccc4C3)C2)cc1. The molecule has 2 amide bonds. The Bertz CT molecular complexity index is 862. The van der Waals surface area contributed by atoms with Crippen LogP contribution in [0.5, 0.6) is 0 Å². The predicted molar refractivity (Wildman–Crippen MR) is 110 cm³/mol. The van der Waals surface area contributed by atoms with Crippen molar-refractivity contribution >= 4 is 17.5 Å². The highest BCUT2D eigenvalue weighted by atomic mass is 16.2. The first-order valence-corrected chi connectivity index (χ1v) is 10.0. The third-order valence-corrected chi connectivity index (χ3v) is 5.82. The summed E-state index contributed by atoms with van der Waals surface area (Å²) in [7, 11) is 0. The van der Waals surface area contributed by atoms with E-state index < -0.39 is 0 Å². The fourth-order valence-corrected chi connectivity index (χ4v) is 4.29. The van der Waals surface area contributed by atoms with Gasteiger partial charge in [-0.25, -0.2) is 0 Å². The van der Waals surface area contributed by atoms with Crippen molar-refractivity contribution in [1.29, 1.82) is 0 Å². The molecular formula is C23H27N3O2. The van der Waals surface area contributed by atoms with Gasteiger partial charge in [0.25, 0.3) is 0 Å². The fourth-order valence-electron chi connectivity index (χ4n) is 4.29. The second-order valence-electron chi connectivity index (χ2n) is 7.83. The maximum Gasteiger partial charge on any atom is 0.227 e. The molecule has 146 valence electrons. The summed E-state index contributed by atoms with van der Waals surface area (Å²) in [5.41, 5.74) is 4.63. The van der Waals surface area contributed by atoms with Gasteiger partial charge in [0.05, 0.1) is 6.42 Å². The summed E-state index contributed by atoms with van der Waals surface area (Å²) in [5, 5.41) is 2.75. The molecule has 1 saturated heterocycles. The number of likely N-dealkylation sites (tertiary alicyclic amines) is 1. The fraction of sp³-hybridized carbons (Fsp3) is 0.391. The number of nitrogens with zero attached hydrogens (tertiary/aromatic N) is 2. The van der Waals surface area contributed by atoms with Crippen molar-refractivity contribution in [2.75, 3.05) is 25.0 Å². The Morgan fingerprint density at radius 3 is 2.54 bits per heavy atom. The standard InChI is InChI=1S/C23H27N3O2/c1-17(27)24-21-8-6-18(7-9-21)14-23(28)26-13-11-22(16-26)25-12-10-19-4-2-3-5-20(19)15-25/h2-9,22H,10-16H2,1H3,(H,24,27). The van der Waals surface area contributed by atoms with Gasteiger partial charge in [0.2, 0.25) is 11.8 Å². The molecule has 4 rings (SSSR count). The van der Waals surface area contributed by atoms with Crippen LogP contribution in [0.25, 0.3) is 0 Å². The number of hydrogen-bond acceptors (Lipinski definition) is 3. The van der Waals surface area contributed by atoms with Crippen LogP contribution in [0.2, 0.25) is 0 Å². The molecule has 0 aliphatic carbocycles. The molecule has 0 aromatic heterocycles. The molecule has 2 aromatic rings. The number of amides is 2. The van der Waals surface area contributed by atoms with E-state index in [0.717, 1.165) is 50.3 Å². The zero-order valence-electron chi connectivity index (χ0n) is 16.4. The van der Waals surface area contributed by atoms with Crippen molar-refractivity contribution in [3.63, 3.8) is 0 Å². The lowest BCUT2D eigenvalue weighted by Crippen LogP contribution is -2.41. The Balaban J connectivity index is 1.31. The Morgan fingerprint density at radius 1 is 1.04 bits per heavy atom. The molecule has 0 saturated carbocycles. The van der Waals surface area contributed by atoms with E-state index in [2.05, 4.69) is 34.5 Å². The van der Waals surface area contributed by atoms with Crippen LogP contribution in [0.1, 0.15) is 30.0 Å². The van der Waals surface area contributed by atoms with Gasteiger partial charge in [-0.15, -0.1) is 0 Å². The van der Waals surface area contributed by atoms with Gasteiger partial charge in [0.15, 0.2) is 0 Å². The molecule has 5 heteroatoms. The van der Waals surface area contributed by atoms with Crippen LogP contribution >= 0.6 is 0 Å². The average Bonchev–Trinajstić information content (AvgIpc) is 3.19. The van der Waals surface area contributed by atoms with Gasteiger partial charge in [-0.3, -0.25) is 14.5 Å². The van der Waals surface area contributed by atoms with E-state index in [1.54, 1.807) is 0 Å². The van der Waals surface area contributed by atoms with Crippen molar-refractivity contribution in [1.82, 2.24) is 9.80 Å². The third-order valence-electron chi connectivity index (χ3n) is 5.82. The molecule has 0 spiro atoms. The molecule has 0 bridgehead atoms. The highest BCUT2D eigenvalue weighted by Gasteiger charge is 2.31. The lowest BCUT2D eigenvalue weighted by Gasteiger charge is -2.33. The number of anilines is 1. The van der Waals surface area contributed by atoms with Crippen LogP contribution < -0.4 is 5.32 Å². The van der Waals surface area contributed by atoms with Crippen LogP contribution in [0.3, 0.4) is 0 Å². The number of benzene rings is 2. The monoisotopic (exact) mass is 377 g/mol. The normalized spacial score (nSPS) is 19.3. The molecular weight excluding hydrogens is 350 g/mol. The van der Waals surface area contributed by atoms with E-state index in [-0.39, 0.29) is 11.8 Å². The van der Waals surface area contributed by atoms with Crippen molar-refractivity contribution in [2.24, 2.45) is 0 Å². The Morgan fingerprint density at radius 2 is 1.79 bits per heavy atom. The van der Waals surface area contributed by atoms with Gasteiger partial charge < -0.3 is 10.2 Å². The topological polar surface area (TPSA) is 52.7 Å². The Labute approximate surface area is 166 Å². The first-order chi connectivity index (χ1) is 13.6. The van der Waals surface area contributed by atoms with Gasteiger partial charge in [-0.1, -0.05) is 36.4 Å². The molecule has 2 aliphatic heterocycles. The minimum absolute atomic E-state index is 0.0905. The molecule has 5 nitrogen and oxygen atoms in total. The van der Waals surface area contributed by atoms with Crippen molar-refractivity contribution in [3.05, 3.63) is 65.2 Å². The Kier molecular flexibility index (Phi) is 5.44. The third kappa shape index (κ3) is 4.25. The first kappa shape index (κ1) is 18.7. The molecule has 1 atom stereocenters. The number of rotatable bonds is 4. The molecule has 1 fully saturated rings. The second-order valence-corrected chi connectivity index (χ2v) is 7.83. The van der Waals surface area contributed by atoms with Gasteiger partial charge in [0.1, 0.15) is 0 Å². The van der Waals surface area contributed by atoms with E-state index in [1.807, 2.05) is 29.2 Å². The number of hydrogen-bond donors (Lipinski definition) is 1. The van der Waals surface area contributed by atoms with Gasteiger partial charge in [-0.05, 0) is 41.7 Å². The second kappa shape index (κ2) is 8.15. The quantitative estimate of drug-likeness (QED) is 0.891. The average molecular weight is 377 g/mol. The molecule has 28 heavy (non-hydrogen) atoms. The van der Waals surface area contributed by atoms with Crippen LogP contribution in [0.4, 0.5) is 5.69 Å². The van der Waals surface area contributed by atoms with Crippen LogP contribution in [-0.2, 0) is 29.0 Å². The molecule has 2 aliphatic rings. The Hall–Kier alpha value is -2.66. The summed E-state index contributed by atoms with van der Waals surface area (Å²) in [4.78, 5) is 28.4. The zero-order valence-corrected chi connectivity index (χ0v) is 16.4.